The zero-order valence-corrected chi connectivity index (χ0v) is 13.8. The molecule has 0 atom stereocenters. The van der Waals surface area contributed by atoms with Crippen LogP contribution in [0.15, 0.2) is 50.4 Å². The number of phenols is 1. The smallest absolute Gasteiger partial charge is 0.271 e. The van der Waals surface area contributed by atoms with E-state index >= 15 is 0 Å². The monoisotopic (exact) mass is 411 g/mol. The van der Waals surface area contributed by atoms with Crippen molar-refractivity contribution >= 4 is 49.7 Å². The fourth-order valence-electron chi connectivity index (χ4n) is 1.57. The number of hydrazone groups is 1. The number of carbonyl (C=O) groups excluding carboxylic acids is 1. The highest BCUT2D eigenvalue weighted by Gasteiger charge is 2.06. The van der Waals surface area contributed by atoms with Gasteiger partial charge in [0.05, 0.1) is 15.2 Å². The van der Waals surface area contributed by atoms with Gasteiger partial charge in [0.1, 0.15) is 5.75 Å². The second-order valence-corrected chi connectivity index (χ2v) is 5.87. The summed E-state index contributed by atoms with van der Waals surface area (Å²) in [5.74, 6) is -0.244. The highest BCUT2D eigenvalue weighted by atomic mass is 79.9. The van der Waals surface area contributed by atoms with E-state index < -0.39 is 0 Å². The lowest BCUT2D eigenvalue weighted by Gasteiger charge is -2.03. The van der Waals surface area contributed by atoms with Crippen LogP contribution in [-0.2, 0) is 0 Å². The molecule has 4 N–H and O–H groups in total. The van der Waals surface area contributed by atoms with E-state index in [1.807, 2.05) is 0 Å². The number of nitrogens with two attached hydrogens (primary N) is 1. The van der Waals surface area contributed by atoms with Crippen LogP contribution in [0, 0.1) is 0 Å². The van der Waals surface area contributed by atoms with Crippen LogP contribution in [0.4, 0.5) is 5.69 Å². The summed E-state index contributed by atoms with van der Waals surface area (Å²) in [6.45, 7) is 0. The molecule has 108 valence electrons. The minimum absolute atomic E-state index is 0.107. The second-order valence-electron chi connectivity index (χ2n) is 4.16. The highest BCUT2D eigenvalue weighted by molar-refractivity contribution is 9.11. The third kappa shape index (κ3) is 4.05. The van der Waals surface area contributed by atoms with E-state index in [9.17, 15) is 9.90 Å². The van der Waals surface area contributed by atoms with Gasteiger partial charge in [0.15, 0.2) is 0 Å². The number of amides is 1. The molecule has 2 aromatic rings. The molecule has 0 aliphatic heterocycles. The predicted molar refractivity (Wildman–Crippen MR) is 89.4 cm³/mol. The number of nitrogens with zero attached hydrogens (tertiary/aromatic N) is 1. The molecule has 0 aliphatic rings. The summed E-state index contributed by atoms with van der Waals surface area (Å²) >= 11 is 6.44. The molecule has 0 spiro atoms. The van der Waals surface area contributed by atoms with Crippen molar-refractivity contribution in [1.29, 1.82) is 0 Å². The number of hydrogen-bond acceptors (Lipinski definition) is 4. The van der Waals surface area contributed by atoms with Crippen LogP contribution in [0.5, 0.6) is 5.75 Å². The van der Waals surface area contributed by atoms with E-state index in [0.29, 0.717) is 25.8 Å². The number of hydrogen-bond donors (Lipinski definition) is 3. The van der Waals surface area contributed by atoms with Gasteiger partial charge in [-0.15, -0.1) is 0 Å². The summed E-state index contributed by atoms with van der Waals surface area (Å²) in [6.07, 6.45) is 1.47. The standard InChI is InChI=1S/C14H11Br2N3O2/c15-11-4-8(5-12(16)13(11)20)7-18-19-14(21)9-2-1-3-10(17)6-9/h1-7,20H,17H2,(H,19,21)/b18-7-. The van der Waals surface area contributed by atoms with Gasteiger partial charge < -0.3 is 10.8 Å². The second kappa shape index (κ2) is 6.73. The summed E-state index contributed by atoms with van der Waals surface area (Å²) in [7, 11) is 0. The topological polar surface area (TPSA) is 87.7 Å². The SMILES string of the molecule is Nc1cccc(C(=O)N/N=C\c2cc(Br)c(O)c(Br)c2)c1. The lowest BCUT2D eigenvalue weighted by molar-refractivity contribution is 0.0955. The van der Waals surface area contributed by atoms with Gasteiger partial charge in [-0.2, -0.15) is 5.10 Å². The summed E-state index contributed by atoms with van der Waals surface area (Å²) in [6, 6.07) is 9.97. The molecule has 0 aromatic heterocycles. The molecule has 1 amide bonds. The van der Waals surface area contributed by atoms with Crippen molar-refractivity contribution in [2.75, 3.05) is 5.73 Å². The van der Waals surface area contributed by atoms with E-state index in [0.717, 1.165) is 0 Å². The van der Waals surface area contributed by atoms with Crippen molar-refractivity contribution in [3.63, 3.8) is 0 Å². The minimum atomic E-state index is -0.351. The van der Waals surface area contributed by atoms with Crippen LogP contribution in [-0.4, -0.2) is 17.2 Å². The zero-order chi connectivity index (χ0) is 15.4. The number of nitrogen functional groups attached to an aromatic ring is 1. The van der Waals surface area contributed by atoms with E-state index in [1.54, 1.807) is 36.4 Å². The summed E-state index contributed by atoms with van der Waals surface area (Å²) < 4.78 is 1.06. The van der Waals surface area contributed by atoms with Crippen molar-refractivity contribution in [2.45, 2.75) is 0 Å². The molecule has 2 rings (SSSR count). The third-order valence-corrected chi connectivity index (χ3v) is 3.78. The van der Waals surface area contributed by atoms with Crippen molar-refractivity contribution in [3.8, 4) is 5.75 Å². The average Bonchev–Trinajstić information content (AvgIpc) is 2.44. The number of anilines is 1. The summed E-state index contributed by atoms with van der Waals surface area (Å²) in [4.78, 5) is 11.8. The first-order valence-corrected chi connectivity index (χ1v) is 7.43. The van der Waals surface area contributed by atoms with Crippen LogP contribution in [0.1, 0.15) is 15.9 Å². The van der Waals surface area contributed by atoms with E-state index in [-0.39, 0.29) is 11.7 Å². The Balaban J connectivity index is 2.07. The number of benzene rings is 2. The van der Waals surface area contributed by atoms with Crippen molar-refractivity contribution < 1.29 is 9.90 Å². The Morgan fingerprint density at radius 1 is 1.24 bits per heavy atom. The Labute approximate surface area is 138 Å². The maximum atomic E-state index is 11.8. The fourth-order valence-corrected chi connectivity index (χ4v) is 2.79. The Bertz CT molecular complexity index is 694. The first kappa shape index (κ1) is 15.5. The van der Waals surface area contributed by atoms with Crippen molar-refractivity contribution in [2.24, 2.45) is 5.10 Å². The Kier molecular flexibility index (Phi) is 4.98. The van der Waals surface area contributed by atoms with Crippen LogP contribution in [0.2, 0.25) is 0 Å². The van der Waals surface area contributed by atoms with Gasteiger partial charge in [0.25, 0.3) is 5.91 Å². The van der Waals surface area contributed by atoms with E-state index in [1.165, 1.54) is 6.21 Å². The highest BCUT2D eigenvalue weighted by Crippen LogP contribution is 2.32. The number of aromatic hydroxyl groups is 1. The maximum absolute atomic E-state index is 11.8. The van der Waals surface area contributed by atoms with Crippen molar-refractivity contribution in [1.82, 2.24) is 5.43 Å². The number of rotatable bonds is 3. The number of nitrogens with one attached hydrogen (secondary N) is 1. The van der Waals surface area contributed by atoms with Gasteiger partial charge in [-0.3, -0.25) is 4.79 Å². The van der Waals surface area contributed by atoms with E-state index in [4.69, 9.17) is 5.73 Å². The molecule has 0 bridgehead atoms. The Hall–Kier alpha value is -1.86. The first-order valence-electron chi connectivity index (χ1n) is 5.84. The lowest BCUT2D eigenvalue weighted by Crippen LogP contribution is -2.17. The number of phenolic OH excluding ortho intramolecular Hbond substituents is 1. The molecule has 21 heavy (non-hydrogen) atoms. The fraction of sp³-hybridized carbons (Fsp3) is 0. The molecule has 0 fully saturated rings. The molecule has 0 heterocycles. The zero-order valence-electron chi connectivity index (χ0n) is 10.7. The first-order chi connectivity index (χ1) is 9.97. The Morgan fingerprint density at radius 2 is 1.90 bits per heavy atom. The molecule has 0 saturated carbocycles. The van der Waals surface area contributed by atoms with Crippen LogP contribution < -0.4 is 11.2 Å². The molecule has 0 saturated heterocycles. The van der Waals surface area contributed by atoms with Crippen LogP contribution in [0.25, 0.3) is 0 Å². The normalized spacial score (nSPS) is 10.8. The molecular weight excluding hydrogens is 402 g/mol. The third-order valence-electron chi connectivity index (χ3n) is 2.57. The molecular formula is C14H11Br2N3O2. The molecule has 7 heteroatoms. The largest absolute Gasteiger partial charge is 0.506 e. The number of halogens is 2. The number of carbonyl (C=O) groups is 1. The molecule has 0 aliphatic carbocycles. The van der Waals surface area contributed by atoms with Gasteiger partial charge in [-0.1, -0.05) is 6.07 Å². The van der Waals surface area contributed by atoms with Crippen LogP contribution in [0.3, 0.4) is 0 Å². The van der Waals surface area contributed by atoms with Gasteiger partial charge in [0.2, 0.25) is 0 Å². The predicted octanol–water partition coefficient (Wildman–Crippen LogP) is 3.26. The maximum Gasteiger partial charge on any atom is 0.271 e. The van der Waals surface area contributed by atoms with Gasteiger partial charge in [0, 0.05) is 11.3 Å². The summed E-state index contributed by atoms with van der Waals surface area (Å²) in [5, 5.41) is 13.5. The lowest BCUT2D eigenvalue weighted by atomic mass is 10.2. The Morgan fingerprint density at radius 3 is 2.52 bits per heavy atom. The van der Waals surface area contributed by atoms with Gasteiger partial charge in [-0.25, -0.2) is 5.43 Å². The van der Waals surface area contributed by atoms with Crippen molar-refractivity contribution in [3.05, 3.63) is 56.5 Å². The summed E-state index contributed by atoms with van der Waals surface area (Å²) in [5.41, 5.74) is 9.67. The van der Waals surface area contributed by atoms with Crippen LogP contribution >= 0.6 is 31.9 Å². The van der Waals surface area contributed by atoms with Gasteiger partial charge in [-0.05, 0) is 67.8 Å². The average molecular weight is 413 g/mol. The van der Waals surface area contributed by atoms with E-state index in [2.05, 4.69) is 42.4 Å². The molecule has 2 aromatic carbocycles. The molecule has 0 radical (unpaired) electrons. The van der Waals surface area contributed by atoms with Gasteiger partial charge >= 0.3 is 0 Å². The molecule has 5 nitrogen and oxygen atoms in total. The molecule has 0 unspecified atom stereocenters. The minimum Gasteiger partial charge on any atom is -0.506 e. The quantitative estimate of drug-likeness (QED) is 0.410.